The average molecular weight is 551 g/mol. The number of ether oxygens (including phenoxy) is 1. The summed E-state index contributed by atoms with van der Waals surface area (Å²) < 4.78 is 5.08. The molecule has 218 valence electrons. The van der Waals surface area contributed by atoms with Gasteiger partial charge in [0, 0.05) is 19.6 Å². The number of hydrogen-bond donors (Lipinski definition) is 4. The first-order valence-corrected chi connectivity index (χ1v) is 13.8. The summed E-state index contributed by atoms with van der Waals surface area (Å²) in [7, 11) is 0. The van der Waals surface area contributed by atoms with Crippen LogP contribution in [0.5, 0.6) is 0 Å². The van der Waals surface area contributed by atoms with Gasteiger partial charge in [-0.1, -0.05) is 40.0 Å². The fourth-order valence-electron chi connectivity index (χ4n) is 5.06. The van der Waals surface area contributed by atoms with Crippen LogP contribution in [0, 0.1) is 11.3 Å². The van der Waals surface area contributed by atoms with Gasteiger partial charge in [0.2, 0.25) is 17.6 Å². The first-order valence-electron chi connectivity index (χ1n) is 13.8. The molecule has 6 amide bonds. The Morgan fingerprint density at radius 3 is 2.33 bits per heavy atom. The van der Waals surface area contributed by atoms with Crippen molar-refractivity contribution in [3.05, 3.63) is 0 Å². The highest BCUT2D eigenvalue weighted by atomic mass is 16.6. The van der Waals surface area contributed by atoms with Gasteiger partial charge in [0.1, 0.15) is 6.04 Å². The Kier molecular flexibility index (Phi) is 10.1. The van der Waals surface area contributed by atoms with Crippen LogP contribution in [-0.4, -0.2) is 96.3 Å². The number of nitrogens with one attached hydrogen (secondary N) is 3. The van der Waals surface area contributed by atoms with E-state index >= 15 is 0 Å². The highest BCUT2D eigenvalue weighted by Gasteiger charge is 2.38. The molecule has 3 unspecified atom stereocenters. The number of Topliss-reactive ketones (excluding diaryl/α,β-unsaturated/α-hetero) is 1. The highest BCUT2D eigenvalue weighted by Crippen LogP contribution is 2.31. The van der Waals surface area contributed by atoms with E-state index < -0.39 is 53.8 Å². The normalized spacial score (nSPS) is 21.3. The smallest absolute Gasteiger partial charge is 0.409 e. The SMILES string of the molecule is CC(C)(C)C(CN1CCCOC1=O)NC(=O)NCC(=O)N1CCCC1C(=O)NC(CC1CCC1)C(=O)C(N)=O. The second-order valence-electron chi connectivity index (χ2n) is 11.7. The number of carbonyl (C=O) groups excluding carboxylic acids is 6. The van der Waals surface area contributed by atoms with Crippen molar-refractivity contribution < 1.29 is 33.5 Å². The van der Waals surface area contributed by atoms with Crippen LogP contribution in [0.15, 0.2) is 0 Å². The number of primary amides is 1. The highest BCUT2D eigenvalue weighted by molar-refractivity contribution is 6.37. The Morgan fingerprint density at radius 1 is 1.03 bits per heavy atom. The van der Waals surface area contributed by atoms with Crippen LogP contribution in [0.3, 0.4) is 0 Å². The molecule has 3 fully saturated rings. The van der Waals surface area contributed by atoms with Gasteiger partial charge in [0.15, 0.2) is 0 Å². The molecule has 0 radical (unpaired) electrons. The maximum atomic E-state index is 13.0. The van der Waals surface area contributed by atoms with Crippen LogP contribution in [0.2, 0.25) is 0 Å². The molecule has 5 N–H and O–H groups in total. The largest absolute Gasteiger partial charge is 0.449 e. The Balaban J connectivity index is 1.53. The first kappa shape index (κ1) is 30.2. The molecule has 13 nitrogen and oxygen atoms in total. The fourth-order valence-corrected chi connectivity index (χ4v) is 5.06. The molecule has 3 rings (SSSR count). The number of nitrogens with two attached hydrogens (primary N) is 1. The van der Waals surface area contributed by atoms with Gasteiger partial charge >= 0.3 is 12.1 Å². The lowest BCUT2D eigenvalue weighted by Crippen LogP contribution is -2.57. The monoisotopic (exact) mass is 550 g/mol. The first-order chi connectivity index (χ1) is 18.4. The lowest BCUT2D eigenvalue weighted by Gasteiger charge is -2.36. The quantitative estimate of drug-likeness (QED) is 0.266. The number of hydrogen-bond acceptors (Lipinski definition) is 7. The number of likely N-dealkylation sites (tertiary alicyclic amines) is 1. The van der Waals surface area contributed by atoms with Gasteiger partial charge in [0.25, 0.3) is 5.91 Å². The fraction of sp³-hybridized carbons (Fsp3) is 0.769. The summed E-state index contributed by atoms with van der Waals surface area (Å²) in [5.74, 6) is -2.63. The zero-order valence-electron chi connectivity index (χ0n) is 23.1. The maximum absolute atomic E-state index is 13.0. The molecule has 2 aliphatic heterocycles. The standard InChI is InChI=1S/C26H42N6O7/c1-26(2,3)19(15-31-10-6-12-39-25(31)38)30-24(37)28-14-20(33)32-11-5-9-18(32)23(36)29-17(21(34)22(27)35)13-16-7-4-8-16/h16-19H,4-15H2,1-3H3,(H2,27,35)(H,29,36)(H2,28,30,37). The number of amides is 6. The van der Waals surface area contributed by atoms with E-state index in [1.54, 1.807) is 4.90 Å². The summed E-state index contributed by atoms with van der Waals surface area (Å²) in [6, 6.07) is -2.78. The lowest BCUT2D eigenvalue weighted by atomic mass is 9.80. The molecule has 0 bridgehead atoms. The summed E-state index contributed by atoms with van der Waals surface area (Å²) in [4.78, 5) is 77.5. The van der Waals surface area contributed by atoms with Crippen molar-refractivity contribution in [3.8, 4) is 0 Å². The van der Waals surface area contributed by atoms with Crippen molar-refractivity contribution in [1.29, 1.82) is 0 Å². The van der Waals surface area contributed by atoms with Crippen molar-refractivity contribution >= 4 is 35.6 Å². The summed E-state index contributed by atoms with van der Waals surface area (Å²) in [6.07, 6.45) is 4.54. The summed E-state index contributed by atoms with van der Waals surface area (Å²) in [5, 5.41) is 8.06. The second kappa shape index (κ2) is 13.1. The van der Waals surface area contributed by atoms with Gasteiger partial charge < -0.3 is 36.2 Å². The van der Waals surface area contributed by atoms with Gasteiger partial charge in [-0.3, -0.25) is 19.2 Å². The molecule has 13 heteroatoms. The third-order valence-electron chi connectivity index (χ3n) is 7.76. The molecule has 39 heavy (non-hydrogen) atoms. The molecule has 1 saturated carbocycles. The Bertz CT molecular complexity index is 961. The van der Waals surface area contributed by atoms with Gasteiger partial charge in [0.05, 0.1) is 25.2 Å². The molecule has 0 aromatic heterocycles. The third kappa shape index (κ3) is 8.30. The van der Waals surface area contributed by atoms with E-state index in [0.717, 1.165) is 19.3 Å². The molecule has 0 aromatic carbocycles. The van der Waals surface area contributed by atoms with E-state index in [0.29, 0.717) is 45.4 Å². The molecule has 3 aliphatic rings. The van der Waals surface area contributed by atoms with Crippen molar-refractivity contribution in [2.24, 2.45) is 17.1 Å². The maximum Gasteiger partial charge on any atom is 0.409 e. The van der Waals surface area contributed by atoms with E-state index in [-0.39, 0.29) is 24.4 Å². The van der Waals surface area contributed by atoms with Crippen LogP contribution in [-0.2, 0) is 23.9 Å². The van der Waals surface area contributed by atoms with Crippen LogP contribution >= 0.6 is 0 Å². The van der Waals surface area contributed by atoms with Crippen molar-refractivity contribution in [1.82, 2.24) is 25.8 Å². The molecule has 2 saturated heterocycles. The number of urea groups is 1. The second-order valence-corrected chi connectivity index (χ2v) is 11.7. The Morgan fingerprint density at radius 2 is 1.74 bits per heavy atom. The van der Waals surface area contributed by atoms with Crippen LogP contribution in [0.25, 0.3) is 0 Å². The van der Waals surface area contributed by atoms with Gasteiger partial charge in [-0.05, 0) is 37.0 Å². The topological polar surface area (TPSA) is 180 Å². The van der Waals surface area contributed by atoms with Gasteiger partial charge in [-0.2, -0.15) is 0 Å². The lowest BCUT2D eigenvalue weighted by molar-refractivity contribution is -0.141. The van der Waals surface area contributed by atoms with E-state index in [9.17, 15) is 28.8 Å². The predicted octanol–water partition coefficient (Wildman–Crippen LogP) is 0.263. The Hall–Kier alpha value is -3.38. The minimum atomic E-state index is -1.10. The molecule has 0 spiro atoms. The van der Waals surface area contributed by atoms with E-state index in [4.69, 9.17) is 10.5 Å². The van der Waals surface area contributed by atoms with E-state index in [2.05, 4.69) is 16.0 Å². The van der Waals surface area contributed by atoms with Crippen LogP contribution < -0.4 is 21.7 Å². The molecule has 3 atom stereocenters. The minimum absolute atomic E-state index is 0.250. The summed E-state index contributed by atoms with van der Waals surface area (Å²) in [6.45, 7) is 7.00. The van der Waals surface area contributed by atoms with Crippen molar-refractivity contribution in [2.75, 3.05) is 32.8 Å². The molecular formula is C26H42N6O7. The average Bonchev–Trinajstić information content (AvgIpc) is 3.34. The van der Waals surface area contributed by atoms with Crippen molar-refractivity contribution in [2.45, 2.75) is 83.8 Å². The molecule has 0 aromatic rings. The molecular weight excluding hydrogens is 508 g/mol. The molecule has 1 aliphatic carbocycles. The number of carbonyl (C=O) groups is 6. The zero-order chi connectivity index (χ0) is 28.7. The minimum Gasteiger partial charge on any atom is -0.449 e. The number of cyclic esters (lactones) is 1. The Labute approximate surface area is 228 Å². The van der Waals surface area contributed by atoms with Crippen LogP contribution in [0.4, 0.5) is 9.59 Å². The predicted molar refractivity (Wildman–Crippen MR) is 140 cm³/mol. The molecule has 2 heterocycles. The number of ketones is 1. The van der Waals surface area contributed by atoms with E-state index in [1.807, 2.05) is 20.8 Å². The van der Waals surface area contributed by atoms with Crippen molar-refractivity contribution in [3.63, 3.8) is 0 Å². The summed E-state index contributed by atoms with van der Waals surface area (Å²) >= 11 is 0. The summed E-state index contributed by atoms with van der Waals surface area (Å²) in [5.41, 5.74) is 4.81. The third-order valence-corrected chi connectivity index (χ3v) is 7.76. The van der Waals surface area contributed by atoms with Gasteiger partial charge in [-0.25, -0.2) is 9.59 Å². The van der Waals surface area contributed by atoms with Gasteiger partial charge in [-0.15, -0.1) is 0 Å². The van der Waals surface area contributed by atoms with Crippen LogP contribution in [0.1, 0.15) is 65.7 Å². The number of rotatable bonds is 11. The zero-order valence-corrected chi connectivity index (χ0v) is 23.1. The van der Waals surface area contributed by atoms with E-state index in [1.165, 1.54) is 4.90 Å². The number of nitrogens with zero attached hydrogens (tertiary/aromatic N) is 2.